The number of carbonyl (C=O) groups excluding carboxylic acids is 1. The summed E-state index contributed by atoms with van der Waals surface area (Å²) in [5, 5.41) is 1.35. The minimum Gasteiger partial charge on any atom is -0.358 e. The van der Waals surface area contributed by atoms with E-state index in [0.717, 1.165) is 38.8 Å². The fraction of sp³-hybridized carbons (Fsp3) is 0.571. The summed E-state index contributed by atoms with van der Waals surface area (Å²) in [4.78, 5) is 18.3. The van der Waals surface area contributed by atoms with E-state index in [1.165, 1.54) is 27.7 Å². The van der Waals surface area contributed by atoms with Crippen LogP contribution in [-0.4, -0.2) is 28.9 Å². The molecule has 1 aliphatic rings. The quantitative estimate of drug-likeness (QED) is 0.850. The number of H-pyrrole nitrogens is 1. The van der Waals surface area contributed by atoms with E-state index in [0.29, 0.717) is 11.8 Å². The first kappa shape index (κ1) is 17.1. The minimum absolute atomic E-state index is 0.208. The van der Waals surface area contributed by atoms with Crippen LogP contribution in [0.15, 0.2) is 18.2 Å². The van der Waals surface area contributed by atoms with E-state index in [-0.39, 0.29) is 5.92 Å². The molecule has 1 fully saturated rings. The molecular formula is C21H30N2O. The Morgan fingerprint density at radius 2 is 1.88 bits per heavy atom. The van der Waals surface area contributed by atoms with Crippen molar-refractivity contribution >= 4 is 16.8 Å². The lowest BCUT2D eigenvalue weighted by atomic mass is 9.90. The van der Waals surface area contributed by atoms with Crippen molar-refractivity contribution in [2.75, 3.05) is 13.1 Å². The van der Waals surface area contributed by atoms with Crippen LogP contribution in [0.3, 0.4) is 0 Å². The average Bonchev–Trinajstić information content (AvgIpc) is 2.92. The minimum atomic E-state index is 0.208. The van der Waals surface area contributed by atoms with E-state index >= 15 is 0 Å². The molecule has 24 heavy (non-hydrogen) atoms. The molecule has 0 spiro atoms. The lowest BCUT2D eigenvalue weighted by Gasteiger charge is -2.34. The van der Waals surface area contributed by atoms with Gasteiger partial charge in [0.2, 0.25) is 5.91 Å². The van der Waals surface area contributed by atoms with Crippen LogP contribution in [-0.2, 0) is 4.79 Å². The van der Waals surface area contributed by atoms with Gasteiger partial charge in [0, 0.05) is 41.5 Å². The first-order chi connectivity index (χ1) is 11.5. The maximum atomic E-state index is 12.6. The second-order valence-electron chi connectivity index (χ2n) is 7.33. The van der Waals surface area contributed by atoms with Crippen molar-refractivity contribution in [2.45, 2.75) is 59.3 Å². The number of nitrogens with zero attached hydrogens (tertiary/aromatic N) is 1. The van der Waals surface area contributed by atoms with E-state index in [1.807, 2.05) is 0 Å². The Morgan fingerprint density at radius 3 is 2.50 bits per heavy atom. The summed E-state index contributed by atoms with van der Waals surface area (Å²) in [7, 11) is 0. The third kappa shape index (κ3) is 3.09. The molecule has 0 aliphatic carbocycles. The molecule has 1 aromatic heterocycles. The number of aromatic amines is 1. The Bertz CT molecular complexity index is 719. The molecule has 2 aromatic rings. The predicted octanol–water partition coefficient (Wildman–Crippen LogP) is 4.93. The number of likely N-dealkylation sites (tertiary alicyclic amines) is 1. The number of fused-ring (bicyclic) bond motifs is 1. The van der Waals surface area contributed by atoms with E-state index in [2.05, 4.69) is 55.8 Å². The van der Waals surface area contributed by atoms with Gasteiger partial charge in [-0.1, -0.05) is 25.5 Å². The maximum Gasteiger partial charge on any atom is 0.225 e. The second kappa shape index (κ2) is 7.00. The van der Waals surface area contributed by atoms with Crippen molar-refractivity contribution in [1.29, 1.82) is 0 Å². The molecule has 3 rings (SSSR count). The summed E-state index contributed by atoms with van der Waals surface area (Å²) in [5.74, 6) is 1.12. The van der Waals surface area contributed by atoms with Gasteiger partial charge in [-0.15, -0.1) is 0 Å². The molecule has 3 heteroatoms. The van der Waals surface area contributed by atoms with Crippen LogP contribution in [0.1, 0.15) is 62.3 Å². The van der Waals surface area contributed by atoms with Gasteiger partial charge in [-0.2, -0.15) is 0 Å². The first-order valence-corrected chi connectivity index (χ1v) is 9.42. The van der Waals surface area contributed by atoms with E-state index in [4.69, 9.17) is 0 Å². The Morgan fingerprint density at radius 1 is 1.21 bits per heavy atom. The highest BCUT2D eigenvalue weighted by molar-refractivity contribution is 5.85. The Hall–Kier alpha value is -1.77. The number of amides is 1. The summed E-state index contributed by atoms with van der Waals surface area (Å²) in [6, 6.07) is 6.63. The molecule has 1 saturated heterocycles. The van der Waals surface area contributed by atoms with Crippen LogP contribution in [0.4, 0.5) is 0 Å². The summed E-state index contributed by atoms with van der Waals surface area (Å²) < 4.78 is 0. The molecule has 0 bridgehead atoms. The average molecular weight is 326 g/mol. The highest BCUT2D eigenvalue weighted by Gasteiger charge is 2.28. The number of hydrogen-bond donors (Lipinski definition) is 1. The van der Waals surface area contributed by atoms with Gasteiger partial charge in [0.05, 0.1) is 0 Å². The summed E-state index contributed by atoms with van der Waals surface area (Å²) in [6.45, 7) is 10.4. The van der Waals surface area contributed by atoms with Gasteiger partial charge < -0.3 is 9.88 Å². The maximum absolute atomic E-state index is 12.6. The Balaban J connectivity index is 1.73. The summed E-state index contributed by atoms with van der Waals surface area (Å²) in [5.41, 5.74) is 5.31. The fourth-order valence-corrected chi connectivity index (χ4v) is 4.15. The van der Waals surface area contributed by atoms with Crippen molar-refractivity contribution in [3.05, 3.63) is 35.0 Å². The van der Waals surface area contributed by atoms with Gasteiger partial charge in [0.1, 0.15) is 0 Å². The normalized spacial score (nSPS) is 16.3. The van der Waals surface area contributed by atoms with Gasteiger partial charge in [-0.05, 0) is 57.2 Å². The zero-order valence-corrected chi connectivity index (χ0v) is 15.5. The number of nitrogens with one attached hydrogen (secondary N) is 1. The molecule has 0 saturated carbocycles. The van der Waals surface area contributed by atoms with Gasteiger partial charge in [0.15, 0.2) is 0 Å². The van der Waals surface area contributed by atoms with Crippen molar-refractivity contribution in [3.8, 4) is 0 Å². The van der Waals surface area contributed by atoms with E-state index in [1.54, 1.807) is 0 Å². The Labute approximate surface area is 145 Å². The van der Waals surface area contributed by atoms with Crippen LogP contribution in [0.2, 0.25) is 0 Å². The van der Waals surface area contributed by atoms with Crippen LogP contribution in [0, 0.1) is 19.8 Å². The SMILES string of the molecule is CCC(CC)C(=O)N1CCC(c2[nH]c3ccc(C)cc3c2C)CC1. The molecular weight excluding hydrogens is 296 g/mol. The Kier molecular flexibility index (Phi) is 4.98. The summed E-state index contributed by atoms with van der Waals surface area (Å²) in [6.07, 6.45) is 4.04. The predicted molar refractivity (Wildman–Crippen MR) is 100 cm³/mol. The smallest absolute Gasteiger partial charge is 0.225 e. The van der Waals surface area contributed by atoms with Crippen molar-refractivity contribution in [3.63, 3.8) is 0 Å². The topological polar surface area (TPSA) is 36.1 Å². The molecule has 0 unspecified atom stereocenters. The van der Waals surface area contributed by atoms with E-state index < -0.39 is 0 Å². The monoisotopic (exact) mass is 326 g/mol. The number of piperidine rings is 1. The third-order valence-corrected chi connectivity index (χ3v) is 5.80. The fourth-order valence-electron chi connectivity index (χ4n) is 4.15. The molecule has 2 heterocycles. The molecule has 1 aromatic carbocycles. The zero-order chi connectivity index (χ0) is 17.3. The first-order valence-electron chi connectivity index (χ1n) is 9.42. The van der Waals surface area contributed by atoms with Crippen LogP contribution in [0.5, 0.6) is 0 Å². The van der Waals surface area contributed by atoms with Crippen molar-refractivity contribution < 1.29 is 4.79 Å². The van der Waals surface area contributed by atoms with E-state index in [9.17, 15) is 4.79 Å². The molecule has 0 atom stereocenters. The molecule has 1 N–H and O–H groups in total. The summed E-state index contributed by atoms with van der Waals surface area (Å²) >= 11 is 0. The lowest BCUT2D eigenvalue weighted by Crippen LogP contribution is -2.41. The van der Waals surface area contributed by atoms with Gasteiger partial charge >= 0.3 is 0 Å². The lowest BCUT2D eigenvalue weighted by molar-refractivity contribution is -0.136. The molecule has 3 nitrogen and oxygen atoms in total. The zero-order valence-electron chi connectivity index (χ0n) is 15.5. The number of rotatable bonds is 4. The molecule has 1 amide bonds. The van der Waals surface area contributed by atoms with Crippen LogP contribution < -0.4 is 0 Å². The highest BCUT2D eigenvalue weighted by Crippen LogP contribution is 2.34. The number of aryl methyl sites for hydroxylation is 2. The van der Waals surface area contributed by atoms with Crippen molar-refractivity contribution in [2.24, 2.45) is 5.92 Å². The van der Waals surface area contributed by atoms with Crippen LogP contribution >= 0.6 is 0 Å². The molecule has 130 valence electrons. The highest BCUT2D eigenvalue weighted by atomic mass is 16.2. The number of benzene rings is 1. The number of carbonyl (C=O) groups is 1. The molecule has 0 radical (unpaired) electrons. The third-order valence-electron chi connectivity index (χ3n) is 5.80. The number of aromatic nitrogens is 1. The van der Waals surface area contributed by atoms with Crippen LogP contribution in [0.25, 0.3) is 10.9 Å². The number of hydrogen-bond acceptors (Lipinski definition) is 1. The van der Waals surface area contributed by atoms with Gasteiger partial charge in [0.25, 0.3) is 0 Å². The molecule has 1 aliphatic heterocycles. The van der Waals surface area contributed by atoms with Gasteiger partial charge in [-0.25, -0.2) is 0 Å². The van der Waals surface area contributed by atoms with Gasteiger partial charge in [-0.3, -0.25) is 4.79 Å². The van der Waals surface area contributed by atoms with Crippen molar-refractivity contribution in [1.82, 2.24) is 9.88 Å². The standard InChI is InChI=1S/C21H30N2O/c1-5-16(6-2)21(24)23-11-9-17(10-12-23)20-15(4)18-13-14(3)7-8-19(18)22-20/h7-8,13,16-17,22H,5-6,9-12H2,1-4H3. The largest absolute Gasteiger partial charge is 0.358 e. The second-order valence-corrected chi connectivity index (χ2v) is 7.33.